The van der Waals surface area contributed by atoms with Crippen LogP contribution in [0.2, 0.25) is 0 Å². The Balaban J connectivity index is 1.96. The number of nitrogens with one attached hydrogen (secondary N) is 2. The van der Waals surface area contributed by atoms with E-state index in [-0.39, 0.29) is 15.7 Å². The van der Waals surface area contributed by atoms with Gasteiger partial charge in [0.05, 0.1) is 7.11 Å². The average molecular weight is 421 g/mol. The second-order valence-corrected chi connectivity index (χ2v) is 8.23. The van der Waals surface area contributed by atoms with Gasteiger partial charge in [0.2, 0.25) is 5.95 Å². The molecule has 1 aromatic carbocycles. The maximum absolute atomic E-state index is 12.9. The number of hydrogen-bond acceptors (Lipinski definition) is 9. The summed E-state index contributed by atoms with van der Waals surface area (Å²) in [5, 5.41) is 2.55. The number of esters is 1. The first kappa shape index (κ1) is 19.6. The van der Waals surface area contributed by atoms with Crippen molar-refractivity contribution in [3.8, 4) is 0 Å². The van der Waals surface area contributed by atoms with E-state index in [2.05, 4.69) is 25.0 Å². The summed E-state index contributed by atoms with van der Waals surface area (Å²) >= 11 is 0.960. The van der Waals surface area contributed by atoms with Gasteiger partial charge in [-0.3, -0.25) is 5.32 Å². The minimum Gasteiger partial charge on any atom is -0.465 e. The van der Waals surface area contributed by atoms with Crippen molar-refractivity contribution in [2.75, 3.05) is 12.4 Å². The molecule has 146 valence electrons. The van der Waals surface area contributed by atoms with Crippen LogP contribution in [0.25, 0.3) is 10.1 Å². The summed E-state index contributed by atoms with van der Waals surface area (Å²) in [4.78, 5) is 35.6. The van der Waals surface area contributed by atoms with Crippen LogP contribution in [0.4, 0.5) is 10.7 Å². The molecular weight excluding hydrogens is 406 g/mol. The summed E-state index contributed by atoms with van der Waals surface area (Å²) in [6, 6.07) is 5.48. The number of benzene rings is 1. The molecule has 3 aromatic rings. The monoisotopic (exact) mass is 421 g/mol. The van der Waals surface area contributed by atoms with Crippen LogP contribution in [0.5, 0.6) is 0 Å². The van der Waals surface area contributed by atoms with Crippen LogP contribution < -0.4 is 10.0 Å². The van der Waals surface area contributed by atoms with Gasteiger partial charge in [-0.15, -0.1) is 11.3 Å². The Labute approximate surface area is 164 Å². The van der Waals surface area contributed by atoms with Crippen LogP contribution in [-0.2, 0) is 14.8 Å². The second kappa shape index (κ2) is 7.48. The second-order valence-electron chi connectivity index (χ2n) is 5.56. The number of carbonyl (C=O) groups is 2. The number of aromatic nitrogens is 3. The minimum atomic E-state index is -4.39. The molecule has 12 heteroatoms. The molecule has 0 bridgehead atoms. The maximum Gasteiger partial charge on any atom is 0.349 e. The van der Waals surface area contributed by atoms with Gasteiger partial charge in [-0.05, 0) is 19.9 Å². The van der Waals surface area contributed by atoms with Gasteiger partial charge in [-0.25, -0.2) is 27.7 Å². The predicted octanol–water partition coefficient (Wildman–Crippen LogP) is 2.00. The molecule has 0 aliphatic carbocycles. The fraction of sp³-hybridized carbons (Fsp3) is 0.188. The molecule has 0 aliphatic rings. The minimum absolute atomic E-state index is 0.0962. The van der Waals surface area contributed by atoms with Crippen LogP contribution in [-0.4, -0.2) is 42.5 Å². The third-order valence-electron chi connectivity index (χ3n) is 3.50. The SMILES string of the molecule is COC(=O)c1sc2ccccc2c1S(=O)(=O)NC(=O)Nc1nc(C)nc(C)n1. The van der Waals surface area contributed by atoms with Gasteiger partial charge in [0.25, 0.3) is 10.0 Å². The third-order valence-corrected chi connectivity index (χ3v) is 6.20. The molecule has 10 nitrogen and oxygen atoms in total. The molecule has 2 amide bonds. The molecule has 2 aromatic heterocycles. The Bertz CT molecular complexity index is 1170. The number of carbonyl (C=O) groups excluding carboxylic acids is 2. The molecule has 2 heterocycles. The van der Waals surface area contributed by atoms with Gasteiger partial charge < -0.3 is 4.74 Å². The summed E-state index contributed by atoms with van der Waals surface area (Å²) in [6.45, 7) is 3.21. The Morgan fingerprint density at radius 2 is 1.71 bits per heavy atom. The molecule has 3 rings (SSSR count). The first-order chi connectivity index (χ1) is 13.2. The van der Waals surface area contributed by atoms with E-state index in [1.54, 1.807) is 38.1 Å². The van der Waals surface area contributed by atoms with Crippen molar-refractivity contribution in [2.45, 2.75) is 18.7 Å². The number of anilines is 1. The molecule has 0 fully saturated rings. The molecule has 0 aliphatic heterocycles. The number of urea groups is 1. The van der Waals surface area contributed by atoms with Gasteiger partial charge in [0.1, 0.15) is 21.4 Å². The van der Waals surface area contributed by atoms with E-state index in [4.69, 9.17) is 0 Å². The van der Waals surface area contributed by atoms with Crippen molar-refractivity contribution in [3.05, 3.63) is 40.8 Å². The summed E-state index contributed by atoms with van der Waals surface area (Å²) in [5.41, 5.74) is 0. The van der Waals surface area contributed by atoms with Gasteiger partial charge in [0.15, 0.2) is 0 Å². The first-order valence-electron chi connectivity index (χ1n) is 7.84. The Morgan fingerprint density at radius 1 is 1.07 bits per heavy atom. The van der Waals surface area contributed by atoms with E-state index < -0.39 is 22.0 Å². The van der Waals surface area contributed by atoms with Crippen LogP contribution >= 0.6 is 11.3 Å². The largest absolute Gasteiger partial charge is 0.465 e. The Kier molecular flexibility index (Phi) is 5.25. The molecule has 0 atom stereocenters. The molecule has 0 unspecified atom stereocenters. The van der Waals surface area contributed by atoms with E-state index >= 15 is 0 Å². The summed E-state index contributed by atoms with van der Waals surface area (Å²) in [6.07, 6.45) is 0. The summed E-state index contributed by atoms with van der Waals surface area (Å²) in [7, 11) is -3.25. The zero-order valence-corrected chi connectivity index (χ0v) is 16.6. The lowest BCUT2D eigenvalue weighted by molar-refractivity contribution is 0.0602. The molecule has 0 saturated heterocycles. The summed E-state index contributed by atoms with van der Waals surface area (Å²) < 4.78 is 32.8. The standard InChI is InChI=1S/C16H15N5O5S2/c1-8-17-9(2)19-15(18-8)20-16(23)21-28(24,25)13-10-6-4-5-7-11(10)27-12(13)14(22)26-3/h4-7H,1-3H3,(H2,17,18,19,20,21,23). The van der Waals surface area contributed by atoms with Crippen molar-refractivity contribution in [3.63, 3.8) is 0 Å². The highest BCUT2D eigenvalue weighted by Crippen LogP contribution is 2.35. The van der Waals surface area contributed by atoms with E-state index in [0.717, 1.165) is 18.4 Å². The quantitative estimate of drug-likeness (QED) is 0.610. The maximum atomic E-state index is 12.9. The topological polar surface area (TPSA) is 140 Å². The van der Waals surface area contributed by atoms with Crippen molar-refractivity contribution < 1.29 is 22.7 Å². The lowest BCUT2D eigenvalue weighted by Gasteiger charge is -2.09. The van der Waals surface area contributed by atoms with Gasteiger partial charge in [-0.1, -0.05) is 18.2 Å². The fourth-order valence-corrected chi connectivity index (χ4v) is 5.21. The van der Waals surface area contributed by atoms with Crippen molar-refractivity contribution >= 4 is 49.4 Å². The first-order valence-corrected chi connectivity index (χ1v) is 10.1. The van der Waals surface area contributed by atoms with E-state index in [0.29, 0.717) is 21.7 Å². The zero-order chi connectivity index (χ0) is 20.5. The van der Waals surface area contributed by atoms with Crippen LogP contribution in [0, 0.1) is 13.8 Å². The number of hydrogen-bond donors (Lipinski definition) is 2. The molecule has 28 heavy (non-hydrogen) atoms. The molecule has 0 spiro atoms. The highest BCUT2D eigenvalue weighted by Gasteiger charge is 2.30. The van der Waals surface area contributed by atoms with E-state index in [1.807, 2.05) is 4.72 Å². The van der Waals surface area contributed by atoms with Crippen LogP contribution in [0.1, 0.15) is 21.3 Å². The number of sulfonamides is 1. The predicted molar refractivity (Wildman–Crippen MR) is 102 cm³/mol. The number of amides is 2. The number of aryl methyl sites for hydroxylation is 2. The Hall–Kier alpha value is -3.12. The molecule has 0 radical (unpaired) electrons. The number of thiophene rings is 1. The number of nitrogens with zero attached hydrogens (tertiary/aromatic N) is 3. The lowest BCUT2D eigenvalue weighted by Crippen LogP contribution is -2.35. The fourth-order valence-electron chi connectivity index (χ4n) is 2.49. The van der Waals surface area contributed by atoms with Crippen LogP contribution in [0.15, 0.2) is 29.2 Å². The Morgan fingerprint density at radius 3 is 2.36 bits per heavy atom. The van der Waals surface area contributed by atoms with Gasteiger partial charge >= 0.3 is 12.0 Å². The van der Waals surface area contributed by atoms with Gasteiger partial charge in [-0.2, -0.15) is 9.97 Å². The average Bonchev–Trinajstić information content (AvgIpc) is 3.00. The van der Waals surface area contributed by atoms with Crippen LogP contribution in [0.3, 0.4) is 0 Å². The van der Waals surface area contributed by atoms with E-state index in [1.165, 1.54) is 0 Å². The number of methoxy groups -OCH3 is 1. The third kappa shape index (κ3) is 3.92. The normalized spacial score (nSPS) is 11.2. The zero-order valence-electron chi connectivity index (χ0n) is 15.0. The van der Waals surface area contributed by atoms with Crippen molar-refractivity contribution in [1.29, 1.82) is 0 Å². The molecule has 0 saturated carbocycles. The molecule has 2 N–H and O–H groups in total. The highest BCUT2D eigenvalue weighted by molar-refractivity contribution is 7.90. The number of rotatable bonds is 4. The number of ether oxygens (including phenoxy) is 1. The highest BCUT2D eigenvalue weighted by atomic mass is 32.2. The smallest absolute Gasteiger partial charge is 0.349 e. The van der Waals surface area contributed by atoms with Crippen molar-refractivity contribution in [2.24, 2.45) is 0 Å². The summed E-state index contributed by atoms with van der Waals surface area (Å²) in [5.74, 6) is -0.184. The van der Waals surface area contributed by atoms with E-state index in [9.17, 15) is 18.0 Å². The lowest BCUT2D eigenvalue weighted by atomic mass is 10.2. The van der Waals surface area contributed by atoms with Crippen molar-refractivity contribution in [1.82, 2.24) is 19.7 Å². The van der Waals surface area contributed by atoms with Gasteiger partial charge in [0, 0.05) is 10.1 Å². The number of fused-ring (bicyclic) bond motifs is 1. The molecular formula is C16H15N5O5S2.